The number of benzene rings is 1. The van der Waals surface area contributed by atoms with Gasteiger partial charge in [-0.15, -0.1) is 12.4 Å². The number of aryl methyl sites for hydroxylation is 1. The molecule has 0 saturated carbocycles. The molecule has 0 bridgehead atoms. The van der Waals surface area contributed by atoms with Crippen molar-refractivity contribution in [1.29, 1.82) is 0 Å². The van der Waals surface area contributed by atoms with Gasteiger partial charge in [0.15, 0.2) is 0 Å². The smallest absolute Gasteiger partial charge is 0.270 e. The van der Waals surface area contributed by atoms with Gasteiger partial charge in [-0.25, -0.2) is 0 Å². The van der Waals surface area contributed by atoms with Crippen molar-refractivity contribution in [2.45, 2.75) is 32.2 Å². The molecule has 1 fully saturated rings. The van der Waals surface area contributed by atoms with Crippen molar-refractivity contribution in [3.8, 4) is 0 Å². The maximum atomic E-state index is 12.6. The highest BCUT2D eigenvalue weighted by Gasteiger charge is 2.28. The molecule has 0 spiro atoms. The predicted octanol–water partition coefficient (Wildman–Crippen LogP) is 2.28. The zero-order chi connectivity index (χ0) is 14.7. The molecule has 1 aliphatic rings. The van der Waals surface area contributed by atoms with Crippen molar-refractivity contribution in [3.05, 3.63) is 39.4 Å². The number of carbonyl (C=O) groups is 1. The monoisotopic (exact) mass is 313 g/mol. The molecular formula is C14H20ClN3O3. The van der Waals surface area contributed by atoms with Crippen LogP contribution < -0.4 is 5.73 Å². The Kier molecular flexibility index (Phi) is 6.11. The van der Waals surface area contributed by atoms with Crippen LogP contribution in [0.1, 0.15) is 35.2 Å². The maximum Gasteiger partial charge on any atom is 0.270 e. The van der Waals surface area contributed by atoms with Gasteiger partial charge in [-0.2, -0.15) is 0 Å². The highest BCUT2D eigenvalue weighted by Crippen LogP contribution is 2.23. The largest absolute Gasteiger partial charge is 0.334 e. The molecule has 1 amide bonds. The van der Waals surface area contributed by atoms with Crippen molar-refractivity contribution in [2.24, 2.45) is 5.73 Å². The second-order valence-electron chi connectivity index (χ2n) is 5.14. The third-order valence-corrected chi connectivity index (χ3v) is 3.82. The van der Waals surface area contributed by atoms with Crippen molar-refractivity contribution in [2.75, 3.05) is 13.1 Å². The minimum Gasteiger partial charge on any atom is -0.334 e. The fourth-order valence-electron chi connectivity index (χ4n) is 2.62. The molecular weight excluding hydrogens is 294 g/mol. The zero-order valence-electron chi connectivity index (χ0n) is 11.9. The molecule has 116 valence electrons. The maximum absolute atomic E-state index is 12.6. The molecule has 1 aliphatic heterocycles. The number of nitro benzene ring substituents is 1. The molecule has 7 heteroatoms. The van der Waals surface area contributed by atoms with E-state index in [-0.39, 0.29) is 30.0 Å². The lowest BCUT2D eigenvalue weighted by Gasteiger charge is -2.35. The van der Waals surface area contributed by atoms with Crippen LogP contribution in [0, 0.1) is 17.0 Å². The fourth-order valence-corrected chi connectivity index (χ4v) is 2.62. The third kappa shape index (κ3) is 3.71. The van der Waals surface area contributed by atoms with Gasteiger partial charge in [-0.1, -0.05) is 6.07 Å². The summed E-state index contributed by atoms with van der Waals surface area (Å²) in [5, 5.41) is 10.8. The highest BCUT2D eigenvalue weighted by atomic mass is 35.5. The summed E-state index contributed by atoms with van der Waals surface area (Å²) >= 11 is 0. The van der Waals surface area contributed by atoms with Crippen LogP contribution in [0.15, 0.2) is 18.2 Å². The fraction of sp³-hybridized carbons (Fsp3) is 0.500. The first-order valence-corrected chi connectivity index (χ1v) is 6.80. The normalized spacial score (nSPS) is 18.0. The molecule has 1 aromatic rings. The van der Waals surface area contributed by atoms with E-state index in [1.807, 2.05) is 0 Å². The number of hydrogen-bond donors (Lipinski definition) is 1. The Hall–Kier alpha value is -1.66. The number of rotatable bonds is 3. The lowest BCUT2D eigenvalue weighted by molar-refractivity contribution is -0.384. The van der Waals surface area contributed by atoms with Crippen molar-refractivity contribution in [3.63, 3.8) is 0 Å². The van der Waals surface area contributed by atoms with E-state index in [1.54, 1.807) is 17.9 Å². The third-order valence-electron chi connectivity index (χ3n) is 3.82. The summed E-state index contributed by atoms with van der Waals surface area (Å²) in [4.78, 5) is 24.7. The predicted molar refractivity (Wildman–Crippen MR) is 82.8 cm³/mol. The Morgan fingerprint density at radius 3 is 2.81 bits per heavy atom. The molecule has 21 heavy (non-hydrogen) atoms. The number of piperidine rings is 1. The summed E-state index contributed by atoms with van der Waals surface area (Å²) in [6.45, 7) is 2.89. The van der Waals surface area contributed by atoms with Crippen LogP contribution in [-0.4, -0.2) is 34.9 Å². The average Bonchev–Trinajstić information content (AvgIpc) is 2.46. The number of nitrogens with zero attached hydrogens (tertiary/aromatic N) is 2. The van der Waals surface area contributed by atoms with Crippen LogP contribution in [0.5, 0.6) is 0 Å². The number of amides is 1. The summed E-state index contributed by atoms with van der Waals surface area (Å²) < 4.78 is 0. The quantitative estimate of drug-likeness (QED) is 0.684. The number of likely N-dealkylation sites (tertiary alicyclic amines) is 1. The van der Waals surface area contributed by atoms with Crippen LogP contribution in [-0.2, 0) is 0 Å². The second kappa shape index (κ2) is 7.38. The number of carbonyl (C=O) groups excluding carboxylic acids is 1. The minimum absolute atomic E-state index is 0. The van der Waals surface area contributed by atoms with E-state index in [9.17, 15) is 14.9 Å². The van der Waals surface area contributed by atoms with Crippen LogP contribution in [0.4, 0.5) is 5.69 Å². The Morgan fingerprint density at radius 1 is 1.48 bits per heavy atom. The van der Waals surface area contributed by atoms with E-state index in [4.69, 9.17) is 5.73 Å². The van der Waals surface area contributed by atoms with Gasteiger partial charge in [0.1, 0.15) is 0 Å². The summed E-state index contributed by atoms with van der Waals surface area (Å²) in [5.41, 5.74) is 6.82. The van der Waals surface area contributed by atoms with Crippen LogP contribution in [0.2, 0.25) is 0 Å². The number of hydrogen-bond acceptors (Lipinski definition) is 4. The van der Waals surface area contributed by atoms with Gasteiger partial charge in [0.2, 0.25) is 0 Å². The van der Waals surface area contributed by atoms with Gasteiger partial charge in [-0.05, 0) is 31.7 Å². The molecule has 0 aromatic heterocycles. The lowest BCUT2D eigenvalue weighted by atomic mass is 9.99. The van der Waals surface area contributed by atoms with E-state index in [0.29, 0.717) is 18.7 Å². The van der Waals surface area contributed by atoms with Crippen LogP contribution in [0.3, 0.4) is 0 Å². The minimum atomic E-state index is -0.479. The summed E-state index contributed by atoms with van der Waals surface area (Å²) in [6.07, 6.45) is 2.92. The standard InChI is InChI=1S/C14H19N3O3.ClH/c1-10-5-6-11(17(19)20)8-13(10)14(18)16-7-3-2-4-12(16)9-15;/h5-6,8,12H,2-4,7,9,15H2,1H3;1H. The van der Waals surface area contributed by atoms with Gasteiger partial charge < -0.3 is 10.6 Å². The molecule has 1 heterocycles. The lowest BCUT2D eigenvalue weighted by Crippen LogP contribution is -2.47. The molecule has 1 unspecified atom stereocenters. The topological polar surface area (TPSA) is 89.5 Å². The Morgan fingerprint density at radius 2 is 2.19 bits per heavy atom. The molecule has 1 atom stereocenters. The van der Waals surface area contributed by atoms with Crippen molar-refractivity contribution < 1.29 is 9.72 Å². The number of halogens is 1. The zero-order valence-corrected chi connectivity index (χ0v) is 12.8. The Balaban J connectivity index is 0.00000220. The van der Waals surface area contributed by atoms with Crippen LogP contribution >= 0.6 is 12.4 Å². The molecule has 0 aliphatic carbocycles. The van der Waals surface area contributed by atoms with Crippen LogP contribution in [0.25, 0.3) is 0 Å². The first-order chi connectivity index (χ1) is 9.54. The van der Waals surface area contributed by atoms with E-state index >= 15 is 0 Å². The number of nitrogens with two attached hydrogens (primary N) is 1. The van der Waals surface area contributed by atoms with Gasteiger partial charge in [0.25, 0.3) is 11.6 Å². The van der Waals surface area contributed by atoms with Gasteiger partial charge in [0, 0.05) is 36.8 Å². The first-order valence-electron chi connectivity index (χ1n) is 6.80. The highest BCUT2D eigenvalue weighted by molar-refractivity contribution is 5.96. The first kappa shape index (κ1) is 17.4. The van der Waals surface area contributed by atoms with E-state index in [0.717, 1.165) is 24.8 Å². The Bertz CT molecular complexity index is 536. The molecule has 6 nitrogen and oxygen atoms in total. The van der Waals surface area contributed by atoms with E-state index < -0.39 is 4.92 Å². The molecule has 0 radical (unpaired) electrons. The Labute approximate surface area is 129 Å². The summed E-state index contributed by atoms with van der Waals surface area (Å²) in [6, 6.07) is 4.44. The van der Waals surface area contributed by atoms with E-state index in [2.05, 4.69) is 0 Å². The summed E-state index contributed by atoms with van der Waals surface area (Å²) in [7, 11) is 0. The van der Waals surface area contributed by atoms with Crippen molar-refractivity contribution in [1.82, 2.24) is 4.90 Å². The second-order valence-corrected chi connectivity index (χ2v) is 5.14. The van der Waals surface area contributed by atoms with Gasteiger partial charge in [0.05, 0.1) is 4.92 Å². The summed E-state index contributed by atoms with van der Waals surface area (Å²) in [5.74, 6) is -0.152. The molecule has 1 aromatic carbocycles. The number of nitro groups is 1. The van der Waals surface area contributed by atoms with E-state index in [1.165, 1.54) is 12.1 Å². The van der Waals surface area contributed by atoms with Gasteiger partial charge in [-0.3, -0.25) is 14.9 Å². The molecule has 2 rings (SSSR count). The SMILES string of the molecule is Cc1ccc([N+](=O)[O-])cc1C(=O)N1CCCCC1CN.Cl. The average molecular weight is 314 g/mol. The molecule has 2 N–H and O–H groups in total. The number of non-ortho nitro benzene ring substituents is 1. The molecule has 1 saturated heterocycles. The van der Waals surface area contributed by atoms with Crippen molar-refractivity contribution >= 4 is 24.0 Å². The van der Waals surface area contributed by atoms with Gasteiger partial charge >= 0.3 is 0 Å².